The van der Waals surface area contributed by atoms with Crippen molar-refractivity contribution in [1.82, 2.24) is 15.0 Å². The number of aromatic nitrogens is 1. The summed E-state index contributed by atoms with van der Waals surface area (Å²) in [5, 5.41) is 3.35. The Kier molecular flexibility index (Phi) is 4.51. The first-order valence-corrected chi connectivity index (χ1v) is 9.77. The van der Waals surface area contributed by atoms with Crippen LogP contribution in [0.3, 0.4) is 0 Å². The number of H-pyrrole nitrogens is 1. The van der Waals surface area contributed by atoms with Gasteiger partial charge in [-0.15, -0.1) is 11.3 Å². The van der Waals surface area contributed by atoms with Crippen LogP contribution >= 0.6 is 27.3 Å². The topological polar surface area (TPSA) is 74.0 Å². The number of rotatable bonds is 7. The molecule has 0 aliphatic heterocycles. The third-order valence-corrected chi connectivity index (χ3v) is 6.25. The van der Waals surface area contributed by atoms with E-state index in [1.807, 2.05) is 12.1 Å². The van der Waals surface area contributed by atoms with Gasteiger partial charge >= 0.3 is 0 Å². The first-order valence-electron chi connectivity index (χ1n) is 6.67. The van der Waals surface area contributed by atoms with Gasteiger partial charge in [0.05, 0.1) is 8.68 Å². The summed E-state index contributed by atoms with van der Waals surface area (Å²) in [6.45, 7) is 0.984. The summed E-state index contributed by atoms with van der Waals surface area (Å²) < 4.78 is 28.0. The standard InChI is InChI=1S/C13H16BrN3O2S2/c14-13-4-3-11(20-13)7-17-21(18,19)12-5-10(16-8-12)6-15-9-1-2-9/h3-5,8-9,15-17H,1-2,6-7H2. The smallest absolute Gasteiger partial charge is 0.242 e. The van der Waals surface area contributed by atoms with Gasteiger partial charge in [0.1, 0.15) is 0 Å². The number of halogens is 1. The summed E-state index contributed by atoms with van der Waals surface area (Å²) >= 11 is 4.88. The van der Waals surface area contributed by atoms with Gasteiger partial charge in [-0.2, -0.15) is 0 Å². The Morgan fingerprint density at radius 2 is 2.14 bits per heavy atom. The van der Waals surface area contributed by atoms with Gasteiger partial charge in [0, 0.05) is 35.9 Å². The molecule has 21 heavy (non-hydrogen) atoms. The van der Waals surface area contributed by atoms with Gasteiger partial charge < -0.3 is 10.3 Å². The van der Waals surface area contributed by atoms with Crippen molar-refractivity contribution < 1.29 is 8.42 Å². The van der Waals surface area contributed by atoms with Gasteiger partial charge in [0.2, 0.25) is 10.0 Å². The van der Waals surface area contributed by atoms with Gasteiger partial charge in [0.25, 0.3) is 0 Å². The maximum absolute atomic E-state index is 12.2. The minimum Gasteiger partial charge on any atom is -0.363 e. The number of nitrogens with one attached hydrogen (secondary N) is 3. The molecule has 1 saturated carbocycles. The molecule has 0 spiro atoms. The van der Waals surface area contributed by atoms with E-state index >= 15 is 0 Å². The van der Waals surface area contributed by atoms with Gasteiger partial charge in [0.15, 0.2) is 0 Å². The molecular weight excluding hydrogens is 374 g/mol. The first kappa shape index (κ1) is 15.2. The molecule has 2 aromatic heterocycles. The van der Waals surface area contributed by atoms with Crippen molar-refractivity contribution in [2.45, 2.75) is 36.9 Å². The fourth-order valence-corrected chi connectivity index (χ4v) is 4.45. The summed E-state index contributed by atoms with van der Waals surface area (Å²) in [6.07, 6.45) is 3.96. The van der Waals surface area contributed by atoms with Crippen LogP contribution in [0.4, 0.5) is 0 Å². The Morgan fingerprint density at radius 1 is 1.33 bits per heavy atom. The Bertz CT molecular complexity index is 719. The second-order valence-corrected chi connectivity index (χ2v) is 9.36. The number of hydrogen-bond acceptors (Lipinski definition) is 4. The van der Waals surface area contributed by atoms with E-state index in [2.05, 4.69) is 31.0 Å². The van der Waals surface area contributed by atoms with Gasteiger partial charge in [-0.1, -0.05) is 0 Å². The SMILES string of the molecule is O=S(=O)(NCc1ccc(Br)s1)c1c[nH]c(CNC2CC2)c1. The molecule has 1 aliphatic carbocycles. The van der Waals surface area contributed by atoms with Crippen LogP contribution in [0, 0.1) is 0 Å². The van der Waals surface area contributed by atoms with Crippen molar-refractivity contribution in [1.29, 1.82) is 0 Å². The molecule has 0 unspecified atom stereocenters. The lowest BCUT2D eigenvalue weighted by Crippen LogP contribution is -2.22. The van der Waals surface area contributed by atoms with Crippen LogP contribution in [0.25, 0.3) is 0 Å². The third kappa shape index (κ3) is 4.17. The van der Waals surface area contributed by atoms with E-state index in [4.69, 9.17) is 0 Å². The van der Waals surface area contributed by atoms with Crippen LogP contribution in [-0.4, -0.2) is 19.4 Å². The third-order valence-electron chi connectivity index (χ3n) is 3.25. The highest BCUT2D eigenvalue weighted by Gasteiger charge is 2.21. The highest BCUT2D eigenvalue weighted by atomic mass is 79.9. The van der Waals surface area contributed by atoms with Crippen LogP contribution in [0.1, 0.15) is 23.4 Å². The lowest BCUT2D eigenvalue weighted by Gasteiger charge is -2.03. The fraction of sp³-hybridized carbons (Fsp3) is 0.385. The molecule has 0 radical (unpaired) electrons. The molecular formula is C13H16BrN3O2S2. The molecule has 0 atom stereocenters. The van der Waals surface area contributed by atoms with Gasteiger partial charge in [-0.05, 0) is 47.0 Å². The summed E-state index contributed by atoms with van der Waals surface area (Å²) in [4.78, 5) is 4.26. The molecule has 2 heterocycles. The van der Waals surface area contributed by atoms with E-state index in [1.165, 1.54) is 30.4 Å². The van der Waals surface area contributed by atoms with Crippen molar-refractivity contribution in [2.24, 2.45) is 0 Å². The minimum absolute atomic E-state index is 0.283. The summed E-state index contributed by atoms with van der Waals surface area (Å²) in [5.41, 5.74) is 0.890. The molecule has 8 heteroatoms. The highest BCUT2D eigenvalue weighted by Crippen LogP contribution is 2.22. The zero-order valence-electron chi connectivity index (χ0n) is 11.2. The molecule has 2 aromatic rings. The maximum Gasteiger partial charge on any atom is 0.242 e. The predicted octanol–water partition coefficient (Wildman–Crippen LogP) is 2.57. The largest absolute Gasteiger partial charge is 0.363 e. The summed E-state index contributed by atoms with van der Waals surface area (Å²) in [7, 11) is -3.47. The Balaban J connectivity index is 1.60. The molecule has 0 aromatic carbocycles. The number of thiophene rings is 1. The Morgan fingerprint density at radius 3 is 2.81 bits per heavy atom. The normalized spacial score (nSPS) is 15.5. The van der Waals surface area contributed by atoms with Crippen molar-refractivity contribution in [3.63, 3.8) is 0 Å². The second-order valence-electron chi connectivity index (χ2n) is 5.05. The van der Waals surface area contributed by atoms with Crippen molar-refractivity contribution in [3.05, 3.63) is 38.8 Å². The molecule has 3 rings (SSSR count). The number of hydrogen-bond donors (Lipinski definition) is 3. The van der Waals surface area contributed by atoms with Crippen molar-refractivity contribution in [3.8, 4) is 0 Å². The zero-order chi connectivity index (χ0) is 14.9. The lowest BCUT2D eigenvalue weighted by atomic mass is 10.4. The average molecular weight is 390 g/mol. The Labute approximate surface area is 136 Å². The molecule has 114 valence electrons. The van der Waals surface area contributed by atoms with E-state index in [1.54, 1.807) is 6.07 Å². The zero-order valence-corrected chi connectivity index (χ0v) is 14.4. The van der Waals surface area contributed by atoms with E-state index in [9.17, 15) is 8.42 Å². The number of sulfonamides is 1. The van der Waals surface area contributed by atoms with Crippen LogP contribution in [-0.2, 0) is 23.1 Å². The van der Waals surface area contributed by atoms with E-state index < -0.39 is 10.0 Å². The van der Waals surface area contributed by atoms with Crippen LogP contribution in [0.5, 0.6) is 0 Å². The molecule has 0 bridgehead atoms. The molecule has 0 saturated heterocycles. The van der Waals surface area contributed by atoms with Crippen LogP contribution in [0.15, 0.2) is 33.1 Å². The second kappa shape index (κ2) is 6.21. The van der Waals surface area contributed by atoms with E-state index in [0.29, 0.717) is 19.1 Å². The van der Waals surface area contributed by atoms with E-state index in [0.717, 1.165) is 14.4 Å². The molecule has 0 amide bonds. The van der Waals surface area contributed by atoms with E-state index in [-0.39, 0.29) is 4.90 Å². The van der Waals surface area contributed by atoms with Crippen molar-refractivity contribution >= 4 is 37.3 Å². The van der Waals surface area contributed by atoms with Gasteiger partial charge in [-0.25, -0.2) is 13.1 Å². The molecule has 1 aliphatic rings. The fourth-order valence-electron chi connectivity index (χ4n) is 1.91. The number of aromatic amines is 1. The highest BCUT2D eigenvalue weighted by molar-refractivity contribution is 9.11. The van der Waals surface area contributed by atoms with Crippen LogP contribution < -0.4 is 10.0 Å². The maximum atomic E-state index is 12.2. The van der Waals surface area contributed by atoms with Gasteiger partial charge in [-0.3, -0.25) is 0 Å². The predicted molar refractivity (Wildman–Crippen MR) is 86.7 cm³/mol. The molecule has 3 N–H and O–H groups in total. The molecule has 1 fully saturated rings. The molecule has 5 nitrogen and oxygen atoms in total. The minimum atomic E-state index is -3.47. The average Bonchev–Trinajstić information content (AvgIpc) is 2.97. The Hall–Kier alpha value is -0.670. The summed E-state index contributed by atoms with van der Waals surface area (Å²) in [5.74, 6) is 0. The monoisotopic (exact) mass is 389 g/mol. The quantitative estimate of drug-likeness (QED) is 0.680. The van der Waals surface area contributed by atoms with Crippen LogP contribution in [0.2, 0.25) is 0 Å². The summed E-state index contributed by atoms with van der Waals surface area (Å²) in [6, 6.07) is 6.09. The first-order chi connectivity index (χ1) is 10.0. The van der Waals surface area contributed by atoms with Crippen molar-refractivity contribution in [2.75, 3.05) is 0 Å². The lowest BCUT2D eigenvalue weighted by molar-refractivity contribution is 0.582.